The molecule has 156 valence electrons. The maximum atomic E-state index is 15.0. The highest BCUT2D eigenvalue weighted by molar-refractivity contribution is 5.91. The van der Waals surface area contributed by atoms with Crippen molar-refractivity contribution in [2.45, 2.75) is 39.4 Å². The highest BCUT2D eigenvalue weighted by atomic mass is 19.4. The van der Waals surface area contributed by atoms with Crippen molar-refractivity contribution in [1.29, 1.82) is 5.26 Å². The van der Waals surface area contributed by atoms with Crippen LogP contribution in [0.5, 0.6) is 0 Å². The summed E-state index contributed by atoms with van der Waals surface area (Å²) in [6.45, 7) is 8.79. The number of nitrogens with zero attached hydrogens (tertiary/aromatic N) is 2. The molecule has 0 atom stereocenters. The molecule has 0 fully saturated rings. The van der Waals surface area contributed by atoms with Crippen LogP contribution >= 0.6 is 0 Å². The summed E-state index contributed by atoms with van der Waals surface area (Å²) >= 11 is 0. The molecule has 6 heteroatoms. The molecule has 0 spiro atoms. The van der Waals surface area contributed by atoms with Gasteiger partial charge in [0.2, 0.25) is 0 Å². The van der Waals surface area contributed by atoms with Crippen molar-refractivity contribution in [3.63, 3.8) is 0 Å². The van der Waals surface area contributed by atoms with Crippen LogP contribution in [-0.4, -0.2) is 12.1 Å². The van der Waals surface area contributed by atoms with E-state index in [9.17, 15) is 22.8 Å². The van der Waals surface area contributed by atoms with Gasteiger partial charge in [0.05, 0.1) is 22.7 Å². The largest absolute Gasteiger partial charge is 0.416 e. The van der Waals surface area contributed by atoms with Gasteiger partial charge in [0.15, 0.2) is 0 Å². The monoisotopic (exact) mass is 414 g/mol. The standard InChI is InChI=1S/C24H22F4N2/c1-5-30-22-12-21(25)17(11-20(22)15(2)13-23(30,3)4)10-18(14-29)16-6-8-19(9-7-16)24(26,27)28/h6-13H,5H2,1-4H3/b18-10+. The Morgan fingerprint density at radius 3 is 2.33 bits per heavy atom. The van der Waals surface area contributed by atoms with E-state index in [-0.39, 0.29) is 16.7 Å². The van der Waals surface area contributed by atoms with E-state index in [2.05, 4.69) is 24.8 Å². The van der Waals surface area contributed by atoms with Crippen molar-refractivity contribution in [1.82, 2.24) is 0 Å². The number of nitriles is 1. The van der Waals surface area contributed by atoms with E-state index in [1.807, 2.05) is 19.9 Å². The van der Waals surface area contributed by atoms with Gasteiger partial charge >= 0.3 is 6.18 Å². The molecular weight excluding hydrogens is 392 g/mol. The summed E-state index contributed by atoms with van der Waals surface area (Å²) < 4.78 is 53.3. The third-order valence-corrected chi connectivity index (χ3v) is 5.36. The van der Waals surface area contributed by atoms with Crippen LogP contribution in [-0.2, 0) is 6.18 Å². The van der Waals surface area contributed by atoms with Crippen LogP contribution in [0.1, 0.15) is 49.9 Å². The molecule has 3 rings (SSSR count). The van der Waals surface area contributed by atoms with Crippen LogP contribution in [0, 0.1) is 17.1 Å². The van der Waals surface area contributed by atoms with Gasteiger partial charge in [-0.1, -0.05) is 18.2 Å². The quantitative estimate of drug-likeness (QED) is 0.309. The van der Waals surface area contributed by atoms with E-state index in [1.165, 1.54) is 24.3 Å². The van der Waals surface area contributed by atoms with E-state index >= 15 is 0 Å². The number of hydrogen-bond donors (Lipinski definition) is 0. The number of halogens is 4. The fourth-order valence-corrected chi connectivity index (χ4v) is 3.98. The van der Waals surface area contributed by atoms with Gasteiger partial charge in [0.25, 0.3) is 0 Å². The fraction of sp³-hybridized carbons (Fsp3) is 0.292. The molecular formula is C24H22F4N2. The fourth-order valence-electron chi connectivity index (χ4n) is 3.98. The molecule has 1 aliphatic heterocycles. The summed E-state index contributed by atoms with van der Waals surface area (Å²) in [6, 6.07) is 9.39. The smallest absolute Gasteiger partial charge is 0.363 e. The predicted octanol–water partition coefficient (Wildman–Crippen LogP) is 6.93. The summed E-state index contributed by atoms with van der Waals surface area (Å²) in [4.78, 5) is 2.10. The van der Waals surface area contributed by atoms with E-state index in [0.29, 0.717) is 12.1 Å². The molecule has 2 aromatic carbocycles. The normalized spacial score (nSPS) is 16.0. The zero-order valence-corrected chi connectivity index (χ0v) is 17.2. The number of benzene rings is 2. The molecule has 1 aliphatic rings. The van der Waals surface area contributed by atoms with Gasteiger partial charge in [0, 0.05) is 23.4 Å². The van der Waals surface area contributed by atoms with Crippen LogP contribution in [0.4, 0.5) is 23.2 Å². The van der Waals surface area contributed by atoms with Crippen molar-refractivity contribution in [2.75, 3.05) is 11.4 Å². The third-order valence-electron chi connectivity index (χ3n) is 5.36. The maximum absolute atomic E-state index is 15.0. The van der Waals surface area contributed by atoms with Gasteiger partial charge in [0.1, 0.15) is 5.82 Å². The Morgan fingerprint density at radius 1 is 1.17 bits per heavy atom. The number of allylic oxidation sites excluding steroid dienone is 2. The Balaban J connectivity index is 2.07. The zero-order valence-electron chi connectivity index (χ0n) is 17.2. The average molecular weight is 414 g/mol. The minimum Gasteiger partial charge on any atom is -0.363 e. The second-order valence-corrected chi connectivity index (χ2v) is 7.86. The number of anilines is 1. The van der Waals surface area contributed by atoms with E-state index in [1.54, 1.807) is 6.07 Å². The topological polar surface area (TPSA) is 27.0 Å². The molecule has 1 heterocycles. The maximum Gasteiger partial charge on any atom is 0.416 e. The first-order valence-corrected chi connectivity index (χ1v) is 9.58. The summed E-state index contributed by atoms with van der Waals surface area (Å²) in [7, 11) is 0. The second-order valence-electron chi connectivity index (χ2n) is 7.86. The lowest BCUT2D eigenvalue weighted by Gasteiger charge is -2.42. The Labute approximate surface area is 173 Å². The molecule has 0 N–H and O–H groups in total. The number of fused-ring (bicyclic) bond motifs is 1. The van der Waals surface area contributed by atoms with Crippen LogP contribution in [0.3, 0.4) is 0 Å². The van der Waals surface area contributed by atoms with Crippen molar-refractivity contribution in [2.24, 2.45) is 0 Å². The molecule has 0 bridgehead atoms. The molecule has 0 aromatic heterocycles. The highest BCUT2D eigenvalue weighted by Gasteiger charge is 2.31. The lowest BCUT2D eigenvalue weighted by Crippen LogP contribution is -2.45. The van der Waals surface area contributed by atoms with Gasteiger partial charge in [-0.25, -0.2) is 4.39 Å². The third kappa shape index (κ3) is 3.97. The first kappa shape index (κ1) is 21.6. The van der Waals surface area contributed by atoms with Crippen molar-refractivity contribution < 1.29 is 17.6 Å². The molecule has 0 radical (unpaired) electrons. The Hall–Kier alpha value is -3.07. The van der Waals surface area contributed by atoms with Gasteiger partial charge in [-0.05, 0) is 69.2 Å². The Bertz CT molecular complexity index is 1070. The number of hydrogen-bond acceptors (Lipinski definition) is 2. The zero-order chi connectivity index (χ0) is 22.3. The lowest BCUT2D eigenvalue weighted by molar-refractivity contribution is -0.137. The summed E-state index contributed by atoms with van der Waals surface area (Å²) in [6.07, 6.45) is -0.963. The molecule has 30 heavy (non-hydrogen) atoms. The molecule has 2 nitrogen and oxygen atoms in total. The molecule has 0 unspecified atom stereocenters. The van der Waals surface area contributed by atoms with Crippen LogP contribution in [0.25, 0.3) is 17.2 Å². The van der Waals surface area contributed by atoms with Crippen LogP contribution in [0.15, 0.2) is 42.5 Å². The lowest BCUT2D eigenvalue weighted by atomic mass is 9.87. The van der Waals surface area contributed by atoms with Crippen LogP contribution in [0.2, 0.25) is 0 Å². The van der Waals surface area contributed by atoms with Crippen LogP contribution < -0.4 is 4.90 Å². The highest BCUT2D eigenvalue weighted by Crippen LogP contribution is 2.40. The van der Waals surface area contributed by atoms with E-state index < -0.39 is 17.6 Å². The number of likely N-dealkylation sites (N-methyl/N-ethyl adjacent to an activating group) is 1. The van der Waals surface area contributed by atoms with E-state index in [0.717, 1.165) is 29.0 Å². The van der Waals surface area contributed by atoms with E-state index in [4.69, 9.17) is 0 Å². The SMILES string of the molecule is CCN1c2cc(F)c(/C=C(\C#N)c3ccc(C(F)(F)F)cc3)cc2C(C)=CC1(C)C. The molecule has 0 saturated heterocycles. The van der Waals surface area contributed by atoms with Gasteiger partial charge in [-0.15, -0.1) is 0 Å². The molecule has 2 aromatic rings. The number of rotatable bonds is 3. The van der Waals surface area contributed by atoms with Gasteiger partial charge < -0.3 is 4.90 Å². The summed E-state index contributed by atoms with van der Waals surface area (Å²) in [5.74, 6) is -0.489. The van der Waals surface area contributed by atoms with Gasteiger partial charge in [-0.3, -0.25) is 0 Å². The second kappa shape index (κ2) is 7.64. The minimum absolute atomic E-state index is 0.0905. The molecule has 0 saturated carbocycles. The minimum atomic E-state index is -4.46. The van der Waals surface area contributed by atoms with Crippen molar-refractivity contribution in [3.8, 4) is 6.07 Å². The summed E-state index contributed by atoms with van der Waals surface area (Å²) in [5, 5.41) is 9.52. The average Bonchev–Trinajstić information content (AvgIpc) is 2.66. The van der Waals surface area contributed by atoms with Crippen molar-refractivity contribution in [3.05, 3.63) is 70.5 Å². The molecule has 0 amide bonds. The molecule has 0 aliphatic carbocycles. The predicted molar refractivity (Wildman–Crippen MR) is 112 cm³/mol. The summed E-state index contributed by atoms with van der Waals surface area (Å²) in [5.41, 5.74) is 2.20. The van der Waals surface area contributed by atoms with Gasteiger partial charge in [-0.2, -0.15) is 18.4 Å². The first-order valence-electron chi connectivity index (χ1n) is 9.58. The Morgan fingerprint density at radius 2 is 1.80 bits per heavy atom. The number of alkyl halides is 3. The first-order chi connectivity index (χ1) is 14.0. The van der Waals surface area contributed by atoms with Crippen molar-refractivity contribution >= 4 is 22.9 Å². The Kier molecular flexibility index (Phi) is 5.51.